The number of amides is 2. The van der Waals surface area contributed by atoms with Crippen LogP contribution in [0.3, 0.4) is 0 Å². The molecule has 0 aliphatic carbocycles. The number of anilines is 1. The van der Waals surface area contributed by atoms with Crippen LogP contribution < -0.4 is 5.06 Å². The van der Waals surface area contributed by atoms with E-state index >= 15 is 0 Å². The van der Waals surface area contributed by atoms with Gasteiger partial charge in [-0.15, -0.1) is 0 Å². The third kappa shape index (κ3) is 2.12. The van der Waals surface area contributed by atoms with Gasteiger partial charge < -0.3 is 0 Å². The highest BCUT2D eigenvalue weighted by Crippen LogP contribution is 2.46. The highest BCUT2D eigenvalue weighted by atomic mass is 16.7. The van der Waals surface area contributed by atoms with Crippen LogP contribution in [-0.2, 0) is 14.4 Å². The molecule has 5 nitrogen and oxygen atoms in total. The Kier molecular flexibility index (Phi) is 3.39. The van der Waals surface area contributed by atoms with Crippen molar-refractivity contribution >= 4 is 17.5 Å². The number of aryl methyl sites for hydroxylation is 1. The quantitative estimate of drug-likeness (QED) is 0.797. The molecule has 24 heavy (non-hydrogen) atoms. The first-order valence-corrected chi connectivity index (χ1v) is 7.97. The van der Waals surface area contributed by atoms with E-state index in [2.05, 4.69) is 0 Å². The average Bonchev–Trinajstić information content (AvgIpc) is 3.09. The molecule has 0 bridgehead atoms. The van der Waals surface area contributed by atoms with Gasteiger partial charge in [0.25, 0.3) is 5.91 Å². The second-order valence-electron chi connectivity index (χ2n) is 6.30. The maximum atomic E-state index is 12.6. The first-order chi connectivity index (χ1) is 11.6. The van der Waals surface area contributed by atoms with Crippen LogP contribution in [0.25, 0.3) is 0 Å². The van der Waals surface area contributed by atoms with Crippen LogP contribution in [0.5, 0.6) is 0 Å². The molecule has 0 N–H and O–H groups in total. The zero-order valence-electron chi connectivity index (χ0n) is 13.5. The Hall–Kier alpha value is -2.66. The molecule has 0 spiro atoms. The summed E-state index contributed by atoms with van der Waals surface area (Å²) in [6, 6.07) is 17.3. The molecule has 3 atom stereocenters. The molecule has 2 saturated heterocycles. The Morgan fingerprint density at radius 1 is 0.917 bits per heavy atom. The van der Waals surface area contributed by atoms with Crippen LogP contribution in [-0.4, -0.2) is 29.9 Å². The third-order valence-electron chi connectivity index (χ3n) is 4.77. The summed E-state index contributed by atoms with van der Waals surface area (Å²) in [5.74, 6) is -0.986. The summed E-state index contributed by atoms with van der Waals surface area (Å²) < 4.78 is 0. The largest absolute Gasteiger partial charge is 0.283 e. The van der Waals surface area contributed by atoms with Crippen molar-refractivity contribution in [3.05, 3.63) is 65.7 Å². The van der Waals surface area contributed by atoms with Crippen LogP contribution in [0, 0.1) is 12.8 Å². The van der Waals surface area contributed by atoms with Gasteiger partial charge in [0.2, 0.25) is 5.91 Å². The number of fused-ring (bicyclic) bond motifs is 1. The zero-order valence-corrected chi connectivity index (χ0v) is 13.5. The molecule has 5 heteroatoms. The Labute approximate surface area is 140 Å². The van der Waals surface area contributed by atoms with Gasteiger partial charge in [0.15, 0.2) is 6.10 Å². The Morgan fingerprint density at radius 2 is 1.58 bits per heavy atom. The molecular formula is C19H18N2O3. The molecule has 2 amide bonds. The molecule has 0 unspecified atom stereocenters. The molecule has 4 rings (SSSR count). The van der Waals surface area contributed by atoms with E-state index in [0.29, 0.717) is 0 Å². The Bertz CT molecular complexity index is 788. The van der Waals surface area contributed by atoms with E-state index < -0.39 is 12.0 Å². The molecule has 2 aliphatic rings. The molecule has 122 valence electrons. The number of nitrogens with zero attached hydrogens (tertiary/aromatic N) is 2. The smallest absolute Gasteiger partial charge is 0.261 e. The van der Waals surface area contributed by atoms with Crippen molar-refractivity contribution in [1.82, 2.24) is 4.90 Å². The van der Waals surface area contributed by atoms with Gasteiger partial charge in [0.1, 0.15) is 5.92 Å². The number of likely N-dealkylation sites (N-methyl/N-ethyl adjacent to an activating group) is 1. The van der Waals surface area contributed by atoms with E-state index in [1.54, 1.807) is 5.06 Å². The average molecular weight is 322 g/mol. The minimum atomic E-state index is -0.756. The van der Waals surface area contributed by atoms with Gasteiger partial charge in [0.05, 0.1) is 11.7 Å². The lowest BCUT2D eigenvalue weighted by atomic mass is 9.90. The lowest BCUT2D eigenvalue weighted by Gasteiger charge is -2.28. The van der Waals surface area contributed by atoms with Crippen LogP contribution in [0.4, 0.5) is 5.69 Å². The van der Waals surface area contributed by atoms with E-state index in [1.807, 2.05) is 61.5 Å². The van der Waals surface area contributed by atoms with Gasteiger partial charge in [0, 0.05) is 7.05 Å². The molecule has 2 aliphatic heterocycles. The lowest BCUT2D eigenvalue weighted by Crippen LogP contribution is -2.34. The highest BCUT2D eigenvalue weighted by Gasteiger charge is 2.58. The van der Waals surface area contributed by atoms with Gasteiger partial charge in [-0.2, -0.15) is 0 Å². The predicted molar refractivity (Wildman–Crippen MR) is 89.0 cm³/mol. The fourth-order valence-corrected chi connectivity index (χ4v) is 3.45. The normalized spacial score (nSPS) is 26.2. The SMILES string of the molecule is Cc1ccc([C@@H]2[C@H]3C(=O)N(C)C(=O)[C@@H]3ON2c2ccccc2)cc1. The van der Waals surface area contributed by atoms with E-state index in [1.165, 1.54) is 11.9 Å². The number of likely N-dealkylation sites (tertiary alicyclic amines) is 1. The number of rotatable bonds is 2. The van der Waals surface area contributed by atoms with Gasteiger partial charge in [-0.3, -0.25) is 19.3 Å². The fourth-order valence-electron chi connectivity index (χ4n) is 3.45. The third-order valence-corrected chi connectivity index (χ3v) is 4.77. The monoisotopic (exact) mass is 322 g/mol. The Balaban J connectivity index is 1.81. The summed E-state index contributed by atoms with van der Waals surface area (Å²) in [5.41, 5.74) is 2.94. The minimum Gasteiger partial charge on any atom is -0.283 e. The minimum absolute atomic E-state index is 0.186. The molecule has 2 aromatic carbocycles. The molecule has 2 heterocycles. The summed E-state index contributed by atoms with van der Waals surface area (Å²) in [7, 11) is 1.52. The van der Waals surface area contributed by atoms with E-state index in [9.17, 15) is 9.59 Å². The van der Waals surface area contributed by atoms with Crippen LogP contribution in [0.15, 0.2) is 54.6 Å². The summed E-state index contributed by atoms with van der Waals surface area (Å²) in [4.78, 5) is 32.1. The first-order valence-electron chi connectivity index (χ1n) is 7.97. The van der Waals surface area contributed by atoms with Crippen LogP contribution in [0.2, 0.25) is 0 Å². The molecule has 2 aromatic rings. The van der Waals surface area contributed by atoms with E-state index in [-0.39, 0.29) is 17.9 Å². The van der Waals surface area contributed by atoms with Gasteiger partial charge in [-0.1, -0.05) is 48.0 Å². The highest BCUT2D eigenvalue weighted by molar-refractivity contribution is 6.07. The summed E-state index contributed by atoms with van der Waals surface area (Å²) >= 11 is 0. The fraction of sp³-hybridized carbons (Fsp3) is 0.263. The van der Waals surface area contributed by atoms with Crippen molar-refractivity contribution in [2.45, 2.75) is 19.1 Å². The lowest BCUT2D eigenvalue weighted by molar-refractivity contribution is -0.141. The Morgan fingerprint density at radius 3 is 2.25 bits per heavy atom. The maximum Gasteiger partial charge on any atom is 0.261 e. The number of benzene rings is 2. The number of para-hydroxylation sites is 1. The summed E-state index contributed by atoms with van der Waals surface area (Å²) in [5, 5.41) is 1.71. The predicted octanol–water partition coefficient (Wildman–Crippen LogP) is 2.47. The molecule has 2 fully saturated rings. The first kappa shape index (κ1) is 14.9. The number of carbonyl (C=O) groups is 2. The molecular weight excluding hydrogens is 304 g/mol. The van der Waals surface area contributed by atoms with Crippen LogP contribution >= 0.6 is 0 Å². The van der Waals surface area contributed by atoms with Crippen molar-refractivity contribution in [2.24, 2.45) is 5.92 Å². The van der Waals surface area contributed by atoms with Gasteiger partial charge in [-0.05, 0) is 24.6 Å². The standard InChI is InChI=1S/C19H18N2O3/c1-12-8-10-13(11-9-12)16-15-17(19(23)20(2)18(15)22)24-21(16)14-6-4-3-5-7-14/h3-11,15-17H,1-2H3/t15-,16-,17-/m1/s1. The number of imide groups is 1. The second-order valence-corrected chi connectivity index (χ2v) is 6.30. The number of hydroxylamine groups is 1. The maximum absolute atomic E-state index is 12.6. The van der Waals surface area contributed by atoms with Crippen molar-refractivity contribution in [3.63, 3.8) is 0 Å². The zero-order chi connectivity index (χ0) is 16.8. The van der Waals surface area contributed by atoms with E-state index in [0.717, 1.165) is 16.8 Å². The van der Waals surface area contributed by atoms with Crippen molar-refractivity contribution in [3.8, 4) is 0 Å². The van der Waals surface area contributed by atoms with Crippen molar-refractivity contribution in [1.29, 1.82) is 0 Å². The number of hydrogen-bond acceptors (Lipinski definition) is 4. The second kappa shape index (κ2) is 5.46. The molecule has 0 radical (unpaired) electrons. The summed E-state index contributed by atoms with van der Waals surface area (Å²) in [6.45, 7) is 2.02. The topological polar surface area (TPSA) is 49.9 Å². The molecule has 0 saturated carbocycles. The van der Waals surface area contributed by atoms with E-state index in [4.69, 9.17) is 4.84 Å². The van der Waals surface area contributed by atoms with Gasteiger partial charge >= 0.3 is 0 Å². The van der Waals surface area contributed by atoms with Crippen LogP contribution in [0.1, 0.15) is 17.2 Å². The summed E-state index contributed by atoms with van der Waals surface area (Å²) in [6.07, 6.45) is -0.756. The van der Waals surface area contributed by atoms with Crippen molar-refractivity contribution in [2.75, 3.05) is 12.1 Å². The molecule has 0 aromatic heterocycles. The number of hydrogen-bond donors (Lipinski definition) is 0. The van der Waals surface area contributed by atoms with Crippen molar-refractivity contribution < 1.29 is 14.4 Å². The van der Waals surface area contributed by atoms with Gasteiger partial charge in [-0.25, -0.2) is 5.06 Å². The number of carbonyl (C=O) groups excluding carboxylic acids is 2.